The predicted octanol–water partition coefficient (Wildman–Crippen LogP) is 0.638. The van der Waals surface area contributed by atoms with Crippen LogP contribution >= 0.6 is 0 Å². The fraction of sp³-hybridized carbons (Fsp3) is 0.385. The number of nitrogens with zero attached hydrogens (tertiary/aromatic N) is 1. The number of aliphatic hydroxyl groups is 1. The van der Waals surface area contributed by atoms with E-state index in [1.807, 2.05) is 0 Å². The molecule has 0 saturated heterocycles. The van der Waals surface area contributed by atoms with E-state index in [4.69, 9.17) is 5.11 Å². The van der Waals surface area contributed by atoms with Gasteiger partial charge in [0, 0.05) is 26.2 Å². The zero-order chi connectivity index (χ0) is 13.5. The van der Waals surface area contributed by atoms with Crippen LogP contribution in [0.2, 0.25) is 0 Å². The van der Waals surface area contributed by atoms with Gasteiger partial charge >= 0.3 is 0 Å². The van der Waals surface area contributed by atoms with E-state index in [1.165, 1.54) is 11.8 Å². The van der Waals surface area contributed by atoms with E-state index in [9.17, 15) is 9.59 Å². The topological polar surface area (TPSA) is 69.6 Å². The monoisotopic (exact) mass is 250 g/mol. The van der Waals surface area contributed by atoms with Gasteiger partial charge in [-0.25, -0.2) is 0 Å². The summed E-state index contributed by atoms with van der Waals surface area (Å²) in [5.41, 5.74) is 1.58. The Labute approximate surface area is 106 Å². The van der Waals surface area contributed by atoms with Gasteiger partial charge in [-0.05, 0) is 17.7 Å². The van der Waals surface area contributed by atoms with Crippen molar-refractivity contribution in [2.45, 2.75) is 13.3 Å². The Bertz CT molecular complexity index is 415. The van der Waals surface area contributed by atoms with Crippen LogP contribution in [0.4, 0.5) is 5.69 Å². The lowest BCUT2D eigenvalue weighted by molar-refractivity contribution is -0.129. The molecule has 5 nitrogen and oxygen atoms in total. The smallest absolute Gasteiger partial charge is 0.226 e. The zero-order valence-electron chi connectivity index (χ0n) is 10.6. The van der Waals surface area contributed by atoms with Crippen LogP contribution in [0, 0.1) is 0 Å². The van der Waals surface area contributed by atoms with Crippen molar-refractivity contribution >= 4 is 17.5 Å². The second-order valence-electron chi connectivity index (χ2n) is 4.09. The number of likely N-dealkylation sites (N-methyl/N-ethyl adjacent to an activating group) is 1. The van der Waals surface area contributed by atoms with Gasteiger partial charge in [0.1, 0.15) is 0 Å². The maximum atomic E-state index is 11.7. The van der Waals surface area contributed by atoms with Gasteiger partial charge in [-0.3, -0.25) is 9.59 Å². The van der Waals surface area contributed by atoms with Crippen LogP contribution in [0.3, 0.4) is 0 Å². The van der Waals surface area contributed by atoms with E-state index < -0.39 is 0 Å². The van der Waals surface area contributed by atoms with E-state index >= 15 is 0 Å². The highest BCUT2D eigenvalue weighted by Crippen LogP contribution is 2.10. The first kappa shape index (κ1) is 14.2. The normalized spacial score (nSPS) is 9.94. The summed E-state index contributed by atoms with van der Waals surface area (Å²) in [7, 11) is 1.66. The molecule has 0 heterocycles. The molecular weight excluding hydrogens is 232 g/mol. The maximum Gasteiger partial charge on any atom is 0.226 e. The Balaban J connectivity index is 2.58. The van der Waals surface area contributed by atoms with Crippen LogP contribution in [0.25, 0.3) is 0 Å². The molecule has 1 rings (SSSR count). The van der Waals surface area contributed by atoms with Crippen molar-refractivity contribution in [3.8, 4) is 0 Å². The van der Waals surface area contributed by atoms with Crippen molar-refractivity contribution in [3.05, 3.63) is 29.8 Å². The summed E-state index contributed by atoms with van der Waals surface area (Å²) in [6.07, 6.45) is 0.289. The lowest BCUT2D eigenvalue weighted by Gasteiger charge is -2.15. The number of hydrogen-bond acceptors (Lipinski definition) is 3. The van der Waals surface area contributed by atoms with Crippen LogP contribution in [0.1, 0.15) is 12.5 Å². The van der Waals surface area contributed by atoms with E-state index in [0.717, 1.165) is 5.56 Å². The van der Waals surface area contributed by atoms with Crippen molar-refractivity contribution in [2.75, 3.05) is 25.5 Å². The van der Waals surface area contributed by atoms with Crippen LogP contribution in [-0.4, -0.2) is 42.0 Å². The summed E-state index contributed by atoms with van der Waals surface area (Å²) >= 11 is 0. The summed E-state index contributed by atoms with van der Waals surface area (Å²) in [6.45, 7) is 1.74. The van der Waals surface area contributed by atoms with Crippen LogP contribution in [0.15, 0.2) is 24.3 Å². The molecular formula is C13H18N2O3. The second kappa shape index (κ2) is 6.76. The number of hydrogen-bond donors (Lipinski definition) is 2. The maximum absolute atomic E-state index is 11.7. The number of carbonyl (C=O) groups is 2. The summed E-state index contributed by atoms with van der Waals surface area (Å²) in [5.74, 6) is -0.169. The highest BCUT2D eigenvalue weighted by molar-refractivity contribution is 5.88. The van der Waals surface area contributed by atoms with Crippen LogP contribution < -0.4 is 5.32 Å². The molecule has 2 N–H and O–H groups in total. The lowest BCUT2D eigenvalue weighted by atomic mass is 10.1. The standard InChI is InChI=1S/C13H18N2O3/c1-10(17)14-12-5-3-11(4-6-12)9-13(18)15(2)7-8-16/h3-6,16H,7-9H2,1-2H3,(H,14,17). The third-order valence-corrected chi connectivity index (χ3v) is 2.49. The summed E-state index contributed by atoms with van der Waals surface area (Å²) < 4.78 is 0. The minimum atomic E-state index is -0.124. The number of amides is 2. The highest BCUT2D eigenvalue weighted by atomic mass is 16.3. The molecule has 0 atom stereocenters. The Morgan fingerprint density at radius 3 is 2.39 bits per heavy atom. The Morgan fingerprint density at radius 1 is 1.28 bits per heavy atom. The first-order chi connectivity index (χ1) is 8.52. The molecule has 0 fully saturated rings. The number of rotatable bonds is 5. The largest absolute Gasteiger partial charge is 0.395 e. The average molecular weight is 250 g/mol. The predicted molar refractivity (Wildman–Crippen MR) is 69.2 cm³/mol. The molecule has 5 heteroatoms. The molecule has 98 valence electrons. The minimum absolute atomic E-state index is 0.0380. The number of carbonyl (C=O) groups excluding carboxylic acids is 2. The lowest BCUT2D eigenvalue weighted by Crippen LogP contribution is -2.30. The number of nitrogens with one attached hydrogen (secondary N) is 1. The molecule has 2 amide bonds. The van der Waals surface area contributed by atoms with Gasteiger partial charge in [0.25, 0.3) is 0 Å². The molecule has 0 aliphatic rings. The van der Waals surface area contributed by atoms with E-state index in [1.54, 1.807) is 31.3 Å². The van der Waals surface area contributed by atoms with Crippen molar-refractivity contribution in [2.24, 2.45) is 0 Å². The fourth-order valence-electron chi connectivity index (χ4n) is 1.49. The van der Waals surface area contributed by atoms with E-state index in [0.29, 0.717) is 12.2 Å². The third kappa shape index (κ3) is 4.55. The van der Waals surface area contributed by atoms with Gasteiger partial charge in [-0.1, -0.05) is 12.1 Å². The van der Waals surface area contributed by atoms with E-state index in [2.05, 4.69) is 5.32 Å². The van der Waals surface area contributed by atoms with Crippen molar-refractivity contribution in [1.29, 1.82) is 0 Å². The van der Waals surface area contributed by atoms with Gasteiger partial charge in [0.2, 0.25) is 11.8 Å². The summed E-state index contributed by atoms with van der Waals surface area (Å²) in [6, 6.07) is 7.12. The van der Waals surface area contributed by atoms with Gasteiger partial charge in [0.15, 0.2) is 0 Å². The van der Waals surface area contributed by atoms with Crippen molar-refractivity contribution in [1.82, 2.24) is 4.90 Å². The Kier molecular flexibility index (Phi) is 5.32. The third-order valence-electron chi connectivity index (χ3n) is 2.49. The highest BCUT2D eigenvalue weighted by Gasteiger charge is 2.08. The first-order valence-electron chi connectivity index (χ1n) is 5.74. The molecule has 0 unspecified atom stereocenters. The van der Waals surface area contributed by atoms with Gasteiger partial charge in [0.05, 0.1) is 13.0 Å². The summed E-state index contributed by atoms with van der Waals surface area (Å²) in [4.78, 5) is 24.0. The molecule has 0 aliphatic heterocycles. The van der Waals surface area contributed by atoms with Gasteiger partial charge < -0.3 is 15.3 Å². The van der Waals surface area contributed by atoms with Gasteiger partial charge in [-0.15, -0.1) is 0 Å². The minimum Gasteiger partial charge on any atom is -0.395 e. The van der Waals surface area contributed by atoms with Crippen LogP contribution in [-0.2, 0) is 16.0 Å². The second-order valence-corrected chi connectivity index (χ2v) is 4.09. The van der Waals surface area contributed by atoms with E-state index in [-0.39, 0.29) is 24.8 Å². The molecule has 0 aliphatic carbocycles. The molecule has 1 aromatic rings. The molecule has 0 spiro atoms. The average Bonchev–Trinajstić information content (AvgIpc) is 2.31. The number of aliphatic hydroxyl groups excluding tert-OH is 1. The molecule has 0 radical (unpaired) electrons. The molecule has 0 bridgehead atoms. The zero-order valence-corrected chi connectivity index (χ0v) is 10.6. The van der Waals surface area contributed by atoms with Crippen molar-refractivity contribution < 1.29 is 14.7 Å². The summed E-state index contributed by atoms with van der Waals surface area (Å²) in [5, 5.41) is 11.4. The number of benzene rings is 1. The SMILES string of the molecule is CC(=O)Nc1ccc(CC(=O)N(C)CCO)cc1. The van der Waals surface area contributed by atoms with Crippen molar-refractivity contribution in [3.63, 3.8) is 0 Å². The molecule has 1 aromatic carbocycles. The number of anilines is 1. The van der Waals surface area contributed by atoms with Crippen LogP contribution in [0.5, 0.6) is 0 Å². The fourth-order valence-corrected chi connectivity index (χ4v) is 1.49. The molecule has 18 heavy (non-hydrogen) atoms. The Morgan fingerprint density at radius 2 is 1.89 bits per heavy atom. The molecule has 0 aromatic heterocycles. The Hall–Kier alpha value is -1.88. The first-order valence-corrected chi connectivity index (χ1v) is 5.74. The molecule has 0 saturated carbocycles. The van der Waals surface area contributed by atoms with Gasteiger partial charge in [-0.2, -0.15) is 0 Å². The quantitative estimate of drug-likeness (QED) is 0.805.